The zero-order valence-corrected chi connectivity index (χ0v) is 5.54. The van der Waals surface area contributed by atoms with Crippen LogP contribution in [-0.4, -0.2) is 7.05 Å². The Morgan fingerprint density at radius 2 is 2.33 bits per heavy atom. The molecule has 0 atom stereocenters. The summed E-state index contributed by atoms with van der Waals surface area (Å²) in [4.78, 5) is 1.84. The van der Waals surface area contributed by atoms with E-state index in [-0.39, 0.29) is 0 Å². The van der Waals surface area contributed by atoms with Gasteiger partial charge in [-0.2, -0.15) is 0 Å². The van der Waals surface area contributed by atoms with Crippen LogP contribution in [0.1, 0.15) is 6.92 Å². The number of nitrogens with one attached hydrogen (secondary N) is 1. The highest BCUT2D eigenvalue weighted by atomic mass is 79.9. The average molecular weight is 150 g/mol. The summed E-state index contributed by atoms with van der Waals surface area (Å²) in [7, 11) is 1.88. The molecule has 6 heavy (non-hydrogen) atoms. The topological polar surface area (TPSA) is 12.0 Å². The van der Waals surface area contributed by atoms with Gasteiger partial charge >= 0.3 is 0 Å². The van der Waals surface area contributed by atoms with Crippen LogP contribution in [0.15, 0.2) is 10.7 Å². The zero-order valence-electron chi connectivity index (χ0n) is 3.96. The number of halogens is 1. The molecule has 0 saturated carbocycles. The summed E-state index contributed by atoms with van der Waals surface area (Å²) in [5.74, 6) is 0. The van der Waals surface area contributed by atoms with E-state index >= 15 is 0 Å². The van der Waals surface area contributed by atoms with Gasteiger partial charge in [0.2, 0.25) is 0 Å². The molecule has 0 aliphatic heterocycles. The lowest BCUT2D eigenvalue weighted by atomic mass is 10.6. The van der Waals surface area contributed by atoms with Gasteiger partial charge in [-0.05, 0) is 11.9 Å². The first-order valence-electron chi connectivity index (χ1n) is 1.76. The van der Waals surface area contributed by atoms with E-state index in [1.165, 1.54) is 0 Å². The molecule has 0 amide bonds. The Hall–Kier alpha value is 0.0200. The van der Waals surface area contributed by atoms with Gasteiger partial charge < -0.3 is 5.32 Å². The first kappa shape index (κ1) is 6.02. The van der Waals surface area contributed by atoms with Gasteiger partial charge in [-0.15, -0.1) is 0 Å². The third-order valence-electron chi connectivity index (χ3n) is 0.558. The van der Waals surface area contributed by atoms with E-state index in [9.17, 15) is 0 Å². The van der Waals surface area contributed by atoms with Crippen molar-refractivity contribution in [3.8, 4) is 0 Å². The summed E-state index contributed by atoms with van der Waals surface area (Å²) < 4.78 is 0. The predicted molar refractivity (Wildman–Crippen MR) is 31.7 cm³/mol. The van der Waals surface area contributed by atoms with Crippen molar-refractivity contribution < 1.29 is 0 Å². The fourth-order valence-electron chi connectivity index (χ4n) is 0.0546. The van der Waals surface area contributed by atoms with Crippen LogP contribution < -0.4 is 5.32 Å². The Morgan fingerprint density at radius 1 is 1.83 bits per heavy atom. The van der Waals surface area contributed by atoms with Crippen molar-refractivity contribution in [2.45, 2.75) is 6.92 Å². The summed E-state index contributed by atoms with van der Waals surface area (Å²) >= 11 is 3.15. The van der Waals surface area contributed by atoms with Gasteiger partial charge in [-0.3, -0.25) is 0 Å². The minimum absolute atomic E-state index is 1.13. The molecule has 0 aromatic heterocycles. The molecule has 0 aliphatic carbocycles. The van der Waals surface area contributed by atoms with Crippen molar-refractivity contribution in [1.29, 1.82) is 0 Å². The van der Waals surface area contributed by atoms with Crippen LogP contribution in [0.3, 0.4) is 0 Å². The Labute approximate surface area is 46.6 Å². The molecule has 36 valence electrons. The third-order valence-corrected chi connectivity index (χ3v) is 1.24. The third kappa shape index (κ3) is 2.27. The molecule has 0 spiro atoms. The lowest BCUT2D eigenvalue weighted by Crippen LogP contribution is -1.99. The SMILES string of the molecule is CN/C(C)=C\Br. The van der Waals surface area contributed by atoms with Gasteiger partial charge in [0.1, 0.15) is 0 Å². The summed E-state index contributed by atoms with van der Waals surface area (Å²) in [6, 6.07) is 0. The van der Waals surface area contributed by atoms with Crippen LogP contribution >= 0.6 is 15.9 Å². The smallest absolute Gasteiger partial charge is 0.0143 e. The van der Waals surface area contributed by atoms with Crippen molar-refractivity contribution >= 4 is 15.9 Å². The van der Waals surface area contributed by atoms with Gasteiger partial charge in [-0.1, -0.05) is 15.9 Å². The lowest BCUT2D eigenvalue weighted by molar-refractivity contribution is 0.997. The Balaban J connectivity index is 3.22. The molecule has 0 aromatic carbocycles. The summed E-state index contributed by atoms with van der Waals surface area (Å²) in [6.45, 7) is 1.98. The molecule has 1 nitrogen and oxygen atoms in total. The molecule has 0 saturated heterocycles. The van der Waals surface area contributed by atoms with E-state index in [0.717, 1.165) is 5.70 Å². The van der Waals surface area contributed by atoms with Crippen LogP contribution in [-0.2, 0) is 0 Å². The molecule has 0 rings (SSSR count). The maximum atomic E-state index is 3.15. The minimum atomic E-state index is 1.13. The van der Waals surface area contributed by atoms with Crippen LogP contribution in [0.5, 0.6) is 0 Å². The Bertz CT molecular complexity index is 58.6. The normalized spacial score (nSPS) is 11.5. The van der Waals surface area contributed by atoms with Crippen molar-refractivity contribution in [2.75, 3.05) is 7.05 Å². The van der Waals surface area contributed by atoms with Crippen LogP contribution in [0.25, 0.3) is 0 Å². The quantitative estimate of drug-likeness (QED) is 0.596. The summed E-state index contributed by atoms with van der Waals surface area (Å²) in [6.07, 6.45) is 0. The van der Waals surface area contributed by atoms with Gasteiger partial charge in [0, 0.05) is 12.7 Å². The highest BCUT2D eigenvalue weighted by Gasteiger charge is 1.70. The molecular weight excluding hydrogens is 142 g/mol. The molecule has 0 heterocycles. The molecule has 0 fully saturated rings. The van der Waals surface area contributed by atoms with E-state index in [2.05, 4.69) is 21.2 Å². The van der Waals surface area contributed by atoms with Gasteiger partial charge in [-0.25, -0.2) is 0 Å². The molecule has 0 unspecified atom stereocenters. The summed E-state index contributed by atoms with van der Waals surface area (Å²) in [5, 5.41) is 2.93. The van der Waals surface area contributed by atoms with Crippen LogP contribution in [0.2, 0.25) is 0 Å². The second kappa shape index (κ2) is 3.22. The van der Waals surface area contributed by atoms with Gasteiger partial charge in [0.05, 0.1) is 0 Å². The predicted octanol–water partition coefficient (Wildman–Crippen LogP) is 1.46. The monoisotopic (exact) mass is 149 g/mol. The highest BCUT2D eigenvalue weighted by molar-refractivity contribution is 9.11. The molecular formula is C4H8BrN. The standard InChI is InChI=1S/C4H8BrN/c1-4(3-5)6-2/h3,6H,1-2H3/b4-3-. The lowest BCUT2D eigenvalue weighted by Gasteiger charge is -1.90. The second-order valence-electron chi connectivity index (χ2n) is 1.04. The molecule has 0 aliphatic rings. The number of allylic oxidation sites excluding steroid dienone is 1. The first-order chi connectivity index (χ1) is 2.81. The average Bonchev–Trinajstić information content (AvgIpc) is 1.65. The van der Waals surface area contributed by atoms with Crippen molar-refractivity contribution in [3.63, 3.8) is 0 Å². The fraction of sp³-hybridized carbons (Fsp3) is 0.500. The maximum absolute atomic E-state index is 3.15. The molecule has 0 bridgehead atoms. The largest absolute Gasteiger partial charge is 0.391 e. The van der Waals surface area contributed by atoms with Crippen LogP contribution in [0.4, 0.5) is 0 Å². The number of hydrogen-bond acceptors (Lipinski definition) is 1. The van der Waals surface area contributed by atoms with E-state index in [1.807, 2.05) is 19.0 Å². The molecule has 2 heteroatoms. The van der Waals surface area contributed by atoms with Gasteiger partial charge in [0.25, 0.3) is 0 Å². The maximum Gasteiger partial charge on any atom is 0.0143 e. The van der Waals surface area contributed by atoms with E-state index in [0.29, 0.717) is 0 Å². The first-order valence-corrected chi connectivity index (χ1v) is 2.67. The molecule has 1 N–H and O–H groups in total. The summed E-state index contributed by atoms with van der Waals surface area (Å²) in [5.41, 5.74) is 1.13. The van der Waals surface area contributed by atoms with E-state index < -0.39 is 0 Å². The Kier molecular flexibility index (Phi) is 3.23. The van der Waals surface area contributed by atoms with Crippen molar-refractivity contribution in [2.24, 2.45) is 0 Å². The van der Waals surface area contributed by atoms with Crippen LogP contribution in [0, 0.1) is 0 Å². The molecule has 0 aromatic rings. The fourth-order valence-corrected chi connectivity index (χ4v) is 0.283. The van der Waals surface area contributed by atoms with Gasteiger partial charge in [0.15, 0.2) is 0 Å². The highest BCUT2D eigenvalue weighted by Crippen LogP contribution is 1.88. The van der Waals surface area contributed by atoms with Crippen molar-refractivity contribution in [3.05, 3.63) is 10.7 Å². The number of rotatable bonds is 1. The number of hydrogen-bond donors (Lipinski definition) is 1. The van der Waals surface area contributed by atoms with Crippen molar-refractivity contribution in [1.82, 2.24) is 5.32 Å². The van der Waals surface area contributed by atoms with E-state index in [1.54, 1.807) is 0 Å². The Morgan fingerprint density at radius 3 is 2.33 bits per heavy atom. The molecule has 0 radical (unpaired) electrons. The zero-order chi connectivity index (χ0) is 4.99. The minimum Gasteiger partial charge on any atom is -0.391 e. The second-order valence-corrected chi connectivity index (χ2v) is 1.50. The van der Waals surface area contributed by atoms with E-state index in [4.69, 9.17) is 0 Å².